The van der Waals surface area contributed by atoms with Crippen molar-refractivity contribution in [3.63, 3.8) is 0 Å². The summed E-state index contributed by atoms with van der Waals surface area (Å²) in [4.78, 5) is 0.819. The Morgan fingerprint density at radius 1 is 1.08 bits per heavy atom. The summed E-state index contributed by atoms with van der Waals surface area (Å²) in [6.45, 7) is -0.0130. The summed E-state index contributed by atoms with van der Waals surface area (Å²) in [6.07, 6.45) is 0. The van der Waals surface area contributed by atoms with Gasteiger partial charge >= 0.3 is 0 Å². The van der Waals surface area contributed by atoms with E-state index in [9.17, 15) is 10.2 Å². The Hall–Kier alpha value is -1.26. The molecule has 0 bridgehead atoms. The zero-order chi connectivity index (χ0) is 9.42. The van der Waals surface area contributed by atoms with Gasteiger partial charge in [-0.15, -0.1) is 11.3 Å². The third-order valence-corrected chi connectivity index (χ3v) is 2.90. The molecule has 0 spiro atoms. The lowest BCUT2D eigenvalue weighted by Crippen LogP contribution is -1.70. The number of phenols is 2. The van der Waals surface area contributed by atoms with Crippen LogP contribution in [0.25, 0.3) is 10.1 Å². The highest BCUT2D eigenvalue weighted by Crippen LogP contribution is 2.34. The Morgan fingerprint density at radius 2 is 1.77 bits per heavy atom. The molecule has 1 aromatic carbocycles. The van der Waals surface area contributed by atoms with Crippen molar-refractivity contribution in [2.75, 3.05) is 0 Å². The molecule has 0 saturated heterocycles. The number of fused-ring (bicyclic) bond motifs is 1. The number of hydrogen-bond donors (Lipinski definition) is 3. The van der Waals surface area contributed by atoms with E-state index in [-0.39, 0.29) is 18.1 Å². The predicted octanol–water partition coefficient (Wildman–Crippen LogP) is 1.80. The first-order valence-electron chi connectivity index (χ1n) is 3.76. The van der Waals surface area contributed by atoms with E-state index < -0.39 is 0 Å². The van der Waals surface area contributed by atoms with Gasteiger partial charge in [0.15, 0.2) is 11.5 Å². The third-order valence-electron chi connectivity index (χ3n) is 1.82. The van der Waals surface area contributed by atoms with Gasteiger partial charge < -0.3 is 15.3 Å². The highest BCUT2D eigenvalue weighted by molar-refractivity contribution is 7.19. The van der Waals surface area contributed by atoms with Gasteiger partial charge in [-0.25, -0.2) is 0 Å². The zero-order valence-electron chi connectivity index (χ0n) is 6.69. The summed E-state index contributed by atoms with van der Waals surface area (Å²) in [6, 6.07) is 4.77. The summed E-state index contributed by atoms with van der Waals surface area (Å²) in [5.74, 6) is -0.256. The SMILES string of the molecule is OCc1cc2cc(O)c(O)cc2s1. The predicted molar refractivity (Wildman–Crippen MR) is 51.1 cm³/mol. The zero-order valence-corrected chi connectivity index (χ0v) is 7.51. The van der Waals surface area contributed by atoms with E-state index in [2.05, 4.69) is 0 Å². The molecule has 3 nitrogen and oxygen atoms in total. The van der Waals surface area contributed by atoms with Gasteiger partial charge in [0.25, 0.3) is 0 Å². The molecule has 0 aliphatic heterocycles. The molecule has 0 amide bonds. The fourth-order valence-corrected chi connectivity index (χ4v) is 2.14. The molecule has 4 heteroatoms. The van der Waals surface area contributed by atoms with Gasteiger partial charge in [-0.2, -0.15) is 0 Å². The van der Waals surface area contributed by atoms with Crippen LogP contribution in [0.3, 0.4) is 0 Å². The first kappa shape index (κ1) is 8.34. The van der Waals surface area contributed by atoms with E-state index in [0.29, 0.717) is 0 Å². The molecule has 0 aliphatic rings. The van der Waals surface area contributed by atoms with Gasteiger partial charge in [-0.05, 0) is 17.5 Å². The fraction of sp³-hybridized carbons (Fsp3) is 0.111. The maximum atomic E-state index is 9.19. The molecule has 1 heterocycles. The smallest absolute Gasteiger partial charge is 0.158 e. The van der Waals surface area contributed by atoms with Crippen LogP contribution in [0.15, 0.2) is 18.2 Å². The van der Waals surface area contributed by atoms with Gasteiger partial charge in [0, 0.05) is 15.6 Å². The van der Waals surface area contributed by atoms with Crippen LogP contribution in [-0.2, 0) is 6.61 Å². The first-order valence-corrected chi connectivity index (χ1v) is 4.57. The molecule has 0 aliphatic carbocycles. The molecule has 1 aromatic heterocycles. The fourth-order valence-electron chi connectivity index (χ4n) is 1.20. The second kappa shape index (κ2) is 2.90. The molecule has 3 N–H and O–H groups in total. The number of aliphatic hydroxyl groups excluding tert-OH is 1. The summed E-state index contributed by atoms with van der Waals surface area (Å²) in [5, 5.41) is 28.1. The largest absolute Gasteiger partial charge is 0.504 e. The Kier molecular flexibility index (Phi) is 1.86. The van der Waals surface area contributed by atoms with E-state index in [1.54, 1.807) is 6.07 Å². The summed E-state index contributed by atoms with van der Waals surface area (Å²) in [5.41, 5.74) is 0. The molecule has 0 fully saturated rings. The molecule has 0 radical (unpaired) electrons. The lowest BCUT2D eigenvalue weighted by atomic mass is 10.2. The molecule has 0 unspecified atom stereocenters. The van der Waals surface area contributed by atoms with Crippen molar-refractivity contribution in [1.29, 1.82) is 0 Å². The van der Waals surface area contributed by atoms with Gasteiger partial charge in [-0.3, -0.25) is 0 Å². The van der Waals surface area contributed by atoms with Crippen LogP contribution in [0.2, 0.25) is 0 Å². The summed E-state index contributed by atoms with van der Waals surface area (Å²) >= 11 is 1.40. The maximum Gasteiger partial charge on any atom is 0.158 e. The van der Waals surface area contributed by atoms with Gasteiger partial charge in [0.2, 0.25) is 0 Å². The van der Waals surface area contributed by atoms with E-state index in [1.165, 1.54) is 23.5 Å². The normalized spacial score (nSPS) is 10.8. The van der Waals surface area contributed by atoms with Crippen LogP contribution in [0.5, 0.6) is 11.5 Å². The van der Waals surface area contributed by atoms with Crippen molar-refractivity contribution >= 4 is 21.4 Å². The molecule has 68 valence electrons. The molecular formula is C9H8O3S. The van der Waals surface area contributed by atoms with Crippen molar-refractivity contribution in [3.05, 3.63) is 23.1 Å². The van der Waals surface area contributed by atoms with Crippen LogP contribution >= 0.6 is 11.3 Å². The third kappa shape index (κ3) is 1.34. The van der Waals surface area contributed by atoms with E-state index in [0.717, 1.165) is 15.0 Å². The number of aromatic hydroxyl groups is 2. The Bertz CT molecular complexity index is 408. The highest BCUT2D eigenvalue weighted by Gasteiger charge is 2.05. The Balaban J connectivity index is 2.70. The maximum absolute atomic E-state index is 9.19. The van der Waals surface area contributed by atoms with Crippen LogP contribution in [0.4, 0.5) is 0 Å². The van der Waals surface area contributed by atoms with E-state index in [4.69, 9.17) is 5.11 Å². The number of benzene rings is 1. The minimum Gasteiger partial charge on any atom is -0.504 e. The number of phenolic OH excluding ortho intramolecular Hbond substituents is 2. The van der Waals surface area contributed by atoms with E-state index >= 15 is 0 Å². The van der Waals surface area contributed by atoms with Crippen LogP contribution < -0.4 is 0 Å². The molecule has 0 saturated carbocycles. The number of hydrogen-bond acceptors (Lipinski definition) is 4. The number of rotatable bonds is 1. The second-order valence-electron chi connectivity index (χ2n) is 2.75. The van der Waals surface area contributed by atoms with Crippen molar-refractivity contribution in [3.8, 4) is 11.5 Å². The molecule has 13 heavy (non-hydrogen) atoms. The first-order chi connectivity index (χ1) is 6.20. The highest BCUT2D eigenvalue weighted by atomic mass is 32.1. The van der Waals surface area contributed by atoms with Crippen molar-refractivity contribution < 1.29 is 15.3 Å². The lowest BCUT2D eigenvalue weighted by molar-refractivity contribution is 0.285. The number of aliphatic hydroxyl groups is 1. The Labute approximate surface area is 78.5 Å². The van der Waals surface area contributed by atoms with Gasteiger partial charge in [0.1, 0.15) is 0 Å². The van der Waals surface area contributed by atoms with Gasteiger partial charge in [0.05, 0.1) is 6.61 Å². The van der Waals surface area contributed by atoms with Gasteiger partial charge in [-0.1, -0.05) is 0 Å². The van der Waals surface area contributed by atoms with Crippen LogP contribution in [0.1, 0.15) is 4.88 Å². The lowest BCUT2D eigenvalue weighted by Gasteiger charge is -1.95. The summed E-state index contributed by atoms with van der Waals surface area (Å²) < 4.78 is 0.861. The average Bonchev–Trinajstić information content (AvgIpc) is 2.48. The minimum absolute atomic E-state index is 0.0130. The van der Waals surface area contributed by atoms with E-state index in [1.807, 2.05) is 0 Å². The van der Waals surface area contributed by atoms with Crippen LogP contribution in [0, 0.1) is 0 Å². The average molecular weight is 196 g/mol. The standard InChI is InChI=1S/C9H8O3S/c10-4-6-1-5-2-7(11)8(12)3-9(5)13-6/h1-3,10-12H,4H2. The molecular weight excluding hydrogens is 188 g/mol. The molecule has 0 atom stereocenters. The second-order valence-corrected chi connectivity index (χ2v) is 3.92. The van der Waals surface area contributed by atoms with Crippen LogP contribution in [-0.4, -0.2) is 15.3 Å². The molecule has 2 aromatic rings. The molecule has 2 rings (SSSR count). The topological polar surface area (TPSA) is 60.7 Å². The number of thiophene rings is 1. The Morgan fingerprint density at radius 3 is 2.46 bits per heavy atom. The van der Waals surface area contributed by atoms with Crippen molar-refractivity contribution in [2.45, 2.75) is 6.61 Å². The van der Waals surface area contributed by atoms with Crippen molar-refractivity contribution in [2.24, 2.45) is 0 Å². The quantitative estimate of drug-likeness (QED) is 0.609. The minimum atomic E-state index is -0.130. The summed E-state index contributed by atoms with van der Waals surface area (Å²) in [7, 11) is 0. The van der Waals surface area contributed by atoms with Crippen molar-refractivity contribution in [1.82, 2.24) is 0 Å². The monoisotopic (exact) mass is 196 g/mol.